The van der Waals surface area contributed by atoms with E-state index in [1.54, 1.807) is 0 Å². The molecule has 0 saturated carbocycles. The molecule has 1 heterocycles. The minimum atomic E-state index is -0.0990. The second-order valence-corrected chi connectivity index (χ2v) is 14.2. The van der Waals surface area contributed by atoms with Crippen LogP contribution in [0.5, 0.6) is 0 Å². The van der Waals surface area contributed by atoms with Gasteiger partial charge in [-0.1, -0.05) is 129 Å². The van der Waals surface area contributed by atoms with E-state index in [2.05, 4.69) is 183 Å². The molecule has 2 heteroatoms. The normalized spacial score (nSPS) is 13.1. The molecule has 0 unspecified atom stereocenters. The lowest BCUT2D eigenvalue weighted by Gasteiger charge is -2.28. The van der Waals surface area contributed by atoms with Gasteiger partial charge in [0.2, 0.25) is 0 Å². The molecule has 1 aliphatic rings. The number of hydrogen-bond donors (Lipinski definition) is 0. The van der Waals surface area contributed by atoms with Crippen LogP contribution in [-0.4, -0.2) is 0 Å². The van der Waals surface area contributed by atoms with Crippen molar-refractivity contribution in [1.29, 1.82) is 0 Å². The molecule has 51 heavy (non-hydrogen) atoms. The predicted octanol–water partition coefficient (Wildman–Crippen LogP) is 13.8. The fourth-order valence-corrected chi connectivity index (χ4v) is 8.18. The number of nitrogens with zero attached hydrogens (tertiary/aromatic N) is 1. The molecule has 0 radical (unpaired) electrons. The monoisotopic (exact) mass is 653 g/mol. The fourth-order valence-electron chi connectivity index (χ4n) is 8.18. The molecule has 1 aliphatic carbocycles. The van der Waals surface area contributed by atoms with Crippen LogP contribution in [0.4, 0.5) is 17.1 Å². The van der Waals surface area contributed by atoms with Gasteiger partial charge in [0.1, 0.15) is 11.2 Å². The lowest BCUT2D eigenvalue weighted by Crippen LogP contribution is -2.16. The first-order chi connectivity index (χ1) is 25.0. The van der Waals surface area contributed by atoms with Crippen LogP contribution in [-0.2, 0) is 5.41 Å². The van der Waals surface area contributed by atoms with E-state index in [9.17, 15) is 0 Å². The average molecular weight is 654 g/mol. The van der Waals surface area contributed by atoms with Crippen molar-refractivity contribution >= 4 is 49.8 Å². The molecule has 10 rings (SSSR count). The van der Waals surface area contributed by atoms with E-state index in [4.69, 9.17) is 4.42 Å². The highest BCUT2D eigenvalue weighted by Gasteiger charge is 2.35. The summed E-state index contributed by atoms with van der Waals surface area (Å²) in [7, 11) is 0. The second-order valence-electron chi connectivity index (χ2n) is 14.2. The van der Waals surface area contributed by atoms with Crippen molar-refractivity contribution in [1.82, 2.24) is 0 Å². The fraction of sp³-hybridized carbons (Fsp3) is 0.0612. The zero-order valence-electron chi connectivity index (χ0n) is 28.6. The summed E-state index contributed by atoms with van der Waals surface area (Å²) in [6, 6.07) is 63.8. The van der Waals surface area contributed by atoms with Crippen LogP contribution in [0.1, 0.15) is 25.0 Å². The van der Waals surface area contributed by atoms with E-state index < -0.39 is 0 Å². The molecule has 0 amide bonds. The Morgan fingerprint density at radius 2 is 1.04 bits per heavy atom. The molecule has 0 N–H and O–H groups in total. The van der Waals surface area contributed by atoms with Gasteiger partial charge in [0, 0.05) is 33.2 Å². The van der Waals surface area contributed by atoms with Gasteiger partial charge < -0.3 is 9.32 Å². The summed E-state index contributed by atoms with van der Waals surface area (Å²) in [5.41, 5.74) is 15.2. The second kappa shape index (κ2) is 11.3. The molecule has 0 saturated heterocycles. The number of fused-ring (bicyclic) bond motifs is 7. The summed E-state index contributed by atoms with van der Waals surface area (Å²) in [5.74, 6) is 0. The SMILES string of the molecule is CC1(C)c2ccccc2-c2ccc(N(c3ccc(-c4ccc5ccccc5c4)cc3)c3cccc(-c4ccc5oc6ccccc6c5c4)c3)cc21. The van der Waals surface area contributed by atoms with Crippen LogP contribution in [0.15, 0.2) is 180 Å². The molecule has 9 aromatic rings. The Hall–Kier alpha value is -6.38. The molecule has 1 aromatic heterocycles. The predicted molar refractivity (Wildman–Crippen MR) is 214 cm³/mol. The van der Waals surface area contributed by atoms with E-state index in [0.29, 0.717) is 0 Å². The Morgan fingerprint density at radius 3 is 1.94 bits per heavy atom. The van der Waals surface area contributed by atoms with Crippen molar-refractivity contribution in [2.75, 3.05) is 4.90 Å². The number of para-hydroxylation sites is 1. The number of rotatable bonds is 5. The Bertz CT molecular complexity index is 2780. The van der Waals surface area contributed by atoms with E-state index in [1.165, 1.54) is 44.2 Å². The maximum atomic E-state index is 6.15. The average Bonchev–Trinajstić information content (AvgIpc) is 3.66. The molecule has 8 aromatic carbocycles. The van der Waals surface area contributed by atoms with E-state index in [-0.39, 0.29) is 5.41 Å². The van der Waals surface area contributed by atoms with Crippen molar-refractivity contribution in [2.45, 2.75) is 19.3 Å². The first-order valence-corrected chi connectivity index (χ1v) is 17.7. The summed E-state index contributed by atoms with van der Waals surface area (Å²) in [6.45, 7) is 4.70. The number of hydrogen-bond acceptors (Lipinski definition) is 2. The molecule has 2 nitrogen and oxygen atoms in total. The highest BCUT2D eigenvalue weighted by atomic mass is 16.3. The van der Waals surface area contributed by atoms with E-state index in [1.807, 2.05) is 12.1 Å². The van der Waals surface area contributed by atoms with Gasteiger partial charge >= 0.3 is 0 Å². The van der Waals surface area contributed by atoms with Crippen molar-refractivity contribution in [3.05, 3.63) is 187 Å². The Balaban J connectivity index is 1.10. The van der Waals surface area contributed by atoms with Gasteiger partial charge in [-0.3, -0.25) is 0 Å². The van der Waals surface area contributed by atoms with Gasteiger partial charge in [0.25, 0.3) is 0 Å². The van der Waals surface area contributed by atoms with Crippen LogP contribution in [0.2, 0.25) is 0 Å². The highest BCUT2D eigenvalue weighted by Crippen LogP contribution is 2.50. The zero-order valence-corrected chi connectivity index (χ0v) is 28.6. The van der Waals surface area contributed by atoms with Gasteiger partial charge in [0.05, 0.1) is 0 Å². The van der Waals surface area contributed by atoms with Crippen LogP contribution >= 0.6 is 0 Å². The lowest BCUT2D eigenvalue weighted by molar-refractivity contribution is 0.660. The molecule has 0 spiro atoms. The quantitative estimate of drug-likeness (QED) is 0.184. The molecule has 0 aliphatic heterocycles. The standard InChI is InChI=1S/C49H35NO/c1-49(2)45-16-7-5-14-41(45)42-26-25-40(31-46(42)49)50(38-23-20-33(21-24-38)36-19-18-32-10-3-4-11-34(32)28-36)39-13-9-12-35(29-39)37-22-27-48-44(30-37)43-15-6-8-17-47(43)51-48/h3-31H,1-2H3. The maximum absolute atomic E-state index is 6.15. The number of benzene rings is 8. The van der Waals surface area contributed by atoms with Gasteiger partial charge in [-0.15, -0.1) is 0 Å². The van der Waals surface area contributed by atoms with Gasteiger partial charge in [0.15, 0.2) is 0 Å². The summed E-state index contributed by atoms with van der Waals surface area (Å²) in [6.07, 6.45) is 0. The molecule has 0 bridgehead atoms. The lowest BCUT2D eigenvalue weighted by atomic mass is 9.82. The third kappa shape index (κ3) is 4.79. The first-order valence-electron chi connectivity index (χ1n) is 17.7. The zero-order chi connectivity index (χ0) is 34.1. The van der Waals surface area contributed by atoms with Crippen molar-refractivity contribution in [3.8, 4) is 33.4 Å². The van der Waals surface area contributed by atoms with E-state index >= 15 is 0 Å². The van der Waals surface area contributed by atoms with E-state index in [0.717, 1.165) is 50.1 Å². The minimum absolute atomic E-state index is 0.0990. The molecule has 0 fully saturated rings. The summed E-state index contributed by atoms with van der Waals surface area (Å²) >= 11 is 0. The molecule has 0 atom stereocenters. The molecular formula is C49H35NO. The van der Waals surface area contributed by atoms with Crippen molar-refractivity contribution < 1.29 is 4.42 Å². The van der Waals surface area contributed by atoms with Crippen LogP contribution in [0.3, 0.4) is 0 Å². The Labute approximate surface area is 297 Å². The Morgan fingerprint density at radius 1 is 0.392 bits per heavy atom. The molecule has 242 valence electrons. The first kappa shape index (κ1) is 29.5. The van der Waals surface area contributed by atoms with Gasteiger partial charge in [-0.25, -0.2) is 0 Å². The van der Waals surface area contributed by atoms with Crippen LogP contribution < -0.4 is 4.90 Å². The summed E-state index contributed by atoms with van der Waals surface area (Å²) in [4.78, 5) is 2.40. The summed E-state index contributed by atoms with van der Waals surface area (Å²) < 4.78 is 6.15. The maximum Gasteiger partial charge on any atom is 0.135 e. The van der Waals surface area contributed by atoms with Crippen LogP contribution in [0, 0.1) is 0 Å². The largest absolute Gasteiger partial charge is 0.456 e. The topological polar surface area (TPSA) is 16.4 Å². The highest BCUT2D eigenvalue weighted by molar-refractivity contribution is 6.06. The number of furan rings is 1. The van der Waals surface area contributed by atoms with Gasteiger partial charge in [-0.05, 0) is 116 Å². The third-order valence-electron chi connectivity index (χ3n) is 10.8. The van der Waals surface area contributed by atoms with Crippen molar-refractivity contribution in [3.63, 3.8) is 0 Å². The smallest absolute Gasteiger partial charge is 0.135 e. The minimum Gasteiger partial charge on any atom is -0.456 e. The van der Waals surface area contributed by atoms with Crippen LogP contribution in [0.25, 0.3) is 66.1 Å². The van der Waals surface area contributed by atoms with Crippen molar-refractivity contribution in [2.24, 2.45) is 0 Å². The Kier molecular flexibility index (Phi) is 6.56. The molecular weight excluding hydrogens is 619 g/mol. The van der Waals surface area contributed by atoms with Gasteiger partial charge in [-0.2, -0.15) is 0 Å². The summed E-state index contributed by atoms with van der Waals surface area (Å²) in [5, 5.41) is 4.78. The number of anilines is 3. The third-order valence-corrected chi connectivity index (χ3v) is 10.8.